The van der Waals surface area contributed by atoms with E-state index in [2.05, 4.69) is 4.98 Å². The number of nitrogens with zero attached hydrogens (tertiary/aromatic N) is 3. The molecular weight excluding hydrogens is 342 g/mol. The smallest absolute Gasteiger partial charge is 0.254 e. The van der Waals surface area contributed by atoms with E-state index in [9.17, 15) is 9.90 Å². The van der Waals surface area contributed by atoms with Crippen molar-refractivity contribution in [2.75, 3.05) is 14.1 Å². The average molecular weight is 365 g/mol. The van der Waals surface area contributed by atoms with E-state index in [0.29, 0.717) is 23.4 Å². The third-order valence-corrected chi connectivity index (χ3v) is 5.21. The van der Waals surface area contributed by atoms with Crippen LogP contribution in [0.3, 0.4) is 0 Å². The van der Waals surface area contributed by atoms with Gasteiger partial charge in [0.1, 0.15) is 0 Å². The molecule has 2 aromatic heterocycles. The van der Waals surface area contributed by atoms with E-state index < -0.39 is 12.2 Å². The minimum absolute atomic E-state index is 0.111. The maximum atomic E-state index is 12.5. The van der Waals surface area contributed by atoms with Gasteiger partial charge in [-0.3, -0.25) is 4.79 Å². The van der Waals surface area contributed by atoms with Crippen LogP contribution in [-0.2, 0) is 6.42 Å². The minimum atomic E-state index is -0.632. The Hall–Kier alpha value is -2.86. The normalized spacial score (nSPS) is 18.6. The number of aliphatic hydroxyl groups is 1. The first-order valence-electron chi connectivity index (χ1n) is 9.00. The number of fused-ring (bicyclic) bond motifs is 2. The molecule has 0 unspecified atom stereocenters. The number of aryl methyl sites for hydroxylation is 2. The van der Waals surface area contributed by atoms with Crippen LogP contribution < -0.4 is 4.74 Å². The second kappa shape index (κ2) is 6.39. The van der Waals surface area contributed by atoms with Gasteiger partial charge in [0.05, 0.1) is 17.4 Å². The number of hydrogen-bond donors (Lipinski definition) is 1. The van der Waals surface area contributed by atoms with Gasteiger partial charge in [0.15, 0.2) is 17.5 Å². The van der Waals surface area contributed by atoms with Gasteiger partial charge in [-0.05, 0) is 31.0 Å². The zero-order valence-corrected chi connectivity index (χ0v) is 15.9. The van der Waals surface area contributed by atoms with Crippen molar-refractivity contribution in [2.24, 2.45) is 0 Å². The summed E-state index contributed by atoms with van der Waals surface area (Å²) in [7, 11) is 3.44. The third kappa shape index (κ3) is 2.86. The van der Waals surface area contributed by atoms with Crippen molar-refractivity contribution in [1.29, 1.82) is 0 Å². The fraction of sp³-hybridized carbons (Fsp3) is 0.333. The number of hydrogen-bond acceptors (Lipinski definition) is 4. The van der Waals surface area contributed by atoms with Crippen LogP contribution in [0.25, 0.3) is 5.65 Å². The van der Waals surface area contributed by atoms with Crippen LogP contribution in [0.2, 0.25) is 0 Å². The summed E-state index contributed by atoms with van der Waals surface area (Å²) in [5.41, 5.74) is 5.06. The van der Waals surface area contributed by atoms with E-state index in [1.807, 2.05) is 42.5 Å². The molecule has 1 aromatic carbocycles. The molecule has 2 atom stereocenters. The van der Waals surface area contributed by atoms with Gasteiger partial charge in [0.25, 0.3) is 5.91 Å². The van der Waals surface area contributed by atoms with E-state index in [0.717, 1.165) is 22.5 Å². The number of aliphatic hydroxyl groups excluding tert-OH is 1. The Bertz CT molecular complexity index is 1040. The van der Waals surface area contributed by atoms with Gasteiger partial charge in [0.2, 0.25) is 0 Å². The average Bonchev–Trinajstić information content (AvgIpc) is 3.11. The second-order valence-corrected chi connectivity index (χ2v) is 7.28. The fourth-order valence-corrected chi connectivity index (χ4v) is 3.62. The monoisotopic (exact) mass is 365 g/mol. The number of carbonyl (C=O) groups excluding carboxylic acids is 1. The molecule has 1 aliphatic rings. The number of amides is 1. The molecule has 140 valence electrons. The number of pyridine rings is 1. The van der Waals surface area contributed by atoms with Crippen LogP contribution >= 0.6 is 0 Å². The first-order valence-corrected chi connectivity index (χ1v) is 9.00. The number of aromatic nitrogens is 2. The molecule has 1 N–H and O–H groups in total. The number of ether oxygens (including phenoxy) is 1. The van der Waals surface area contributed by atoms with Crippen LogP contribution in [0.5, 0.6) is 5.75 Å². The van der Waals surface area contributed by atoms with Gasteiger partial charge in [-0.1, -0.05) is 24.3 Å². The predicted molar refractivity (Wildman–Crippen MR) is 102 cm³/mol. The molecule has 0 saturated heterocycles. The quantitative estimate of drug-likeness (QED) is 0.775. The van der Waals surface area contributed by atoms with Crippen LogP contribution in [0, 0.1) is 13.8 Å². The van der Waals surface area contributed by atoms with Gasteiger partial charge in [0, 0.05) is 32.4 Å². The molecule has 3 aromatic rings. The highest BCUT2D eigenvalue weighted by atomic mass is 16.5. The Morgan fingerprint density at radius 2 is 2.04 bits per heavy atom. The molecule has 0 radical (unpaired) electrons. The zero-order chi connectivity index (χ0) is 19.3. The first kappa shape index (κ1) is 17.5. The number of benzene rings is 1. The lowest BCUT2D eigenvalue weighted by Gasteiger charge is -2.20. The summed E-state index contributed by atoms with van der Waals surface area (Å²) in [5, 5.41) is 10.5. The summed E-state index contributed by atoms with van der Waals surface area (Å²) in [5.74, 6) is 0.388. The predicted octanol–water partition coefficient (Wildman–Crippen LogP) is 2.69. The maximum absolute atomic E-state index is 12.5. The van der Waals surface area contributed by atoms with E-state index in [1.54, 1.807) is 26.4 Å². The standard InChI is InChI=1S/C21H23N3O3/c1-12-13(2)24-11-15(21(26)23(3)4)10-18(20(24)22-12)27-19-16-8-6-5-7-14(16)9-17(19)25/h5-8,10-11,17,19,25H,9H2,1-4H3/t17-,19-/m1/s1. The van der Waals surface area contributed by atoms with Crippen LogP contribution in [-0.4, -0.2) is 45.5 Å². The molecule has 0 fully saturated rings. The van der Waals surface area contributed by atoms with Crippen molar-refractivity contribution in [3.05, 3.63) is 64.6 Å². The Balaban J connectivity index is 1.83. The zero-order valence-electron chi connectivity index (χ0n) is 15.9. The fourth-order valence-electron chi connectivity index (χ4n) is 3.62. The highest BCUT2D eigenvalue weighted by Crippen LogP contribution is 2.37. The summed E-state index contributed by atoms with van der Waals surface area (Å²) in [6.45, 7) is 3.89. The van der Waals surface area contributed by atoms with Crippen molar-refractivity contribution in [3.8, 4) is 5.75 Å². The largest absolute Gasteiger partial charge is 0.479 e. The second-order valence-electron chi connectivity index (χ2n) is 7.28. The Morgan fingerprint density at radius 3 is 2.78 bits per heavy atom. The molecule has 0 bridgehead atoms. The molecule has 6 heteroatoms. The van der Waals surface area contributed by atoms with Gasteiger partial charge in [-0.25, -0.2) is 4.98 Å². The molecule has 0 spiro atoms. The van der Waals surface area contributed by atoms with Gasteiger partial charge < -0.3 is 19.1 Å². The molecule has 1 aliphatic carbocycles. The lowest BCUT2D eigenvalue weighted by Crippen LogP contribution is -2.23. The van der Waals surface area contributed by atoms with Crippen molar-refractivity contribution >= 4 is 11.6 Å². The van der Waals surface area contributed by atoms with Crippen LogP contribution in [0.15, 0.2) is 36.5 Å². The summed E-state index contributed by atoms with van der Waals surface area (Å²) < 4.78 is 8.15. The summed E-state index contributed by atoms with van der Waals surface area (Å²) in [6.07, 6.45) is 1.23. The molecule has 2 heterocycles. The number of imidazole rings is 1. The van der Waals surface area contributed by atoms with E-state index in [-0.39, 0.29) is 5.91 Å². The molecule has 0 aliphatic heterocycles. The van der Waals surface area contributed by atoms with E-state index in [1.165, 1.54) is 4.90 Å². The maximum Gasteiger partial charge on any atom is 0.254 e. The summed E-state index contributed by atoms with van der Waals surface area (Å²) in [6, 6.07) is 9.61. The summed E-state index contributed by atoms with van der Waals surface area (Å²) >= 11 is 0. The lowest BCUT2D eigenvalue weighted by atomic mass is 10.1. The van der Waals surface area contributed by atoms with Crippen LogP contribution in [0.4, 0.5) is 0 Å². The topological polar surface area (TPSA) is 67.1 Å². The Morgan fingerprint density at radius 1 is 1.30 bits per heavy atom. The van der Waals surface area contributed by atoms with Gasteiger partial charge in [-0.15, -0.1) is 0 Å². The van der Waals surface area contributed by atoms with Gasteiger partial charge in [-0.2, -0.15) is 0 Å². The highest BCUT2D eigenvalue weighted by Gasteiger charge is 2.33. The Labute approximate surface area is 158 Å². The third-order valence-electron chi connectivity index (χ3n) is 5.21. The first-order chi connectivity index (χ1) is 12.9. The molecule has 27 heavy (non-hydrogen) atoms. The molecule has 4 rings (SSSR count). The van der Waals surface area contributed by atoms with Crippen molar-refractivity contribution in [1.82, 2.24) is 14.3 Å². The molecule has 6 nitrogen and oxygen atoms in total. The molecular formula is C21H23N3O3. The van der Waals surface area contributed by atoms with Crippen LogP contribution in [0.1, 0.15) is 39.0 Å². The SMILES string of the molecule is Cc1nc2c(O[C@@H]3c4ccccc4C[C@H]3O)cc(C(=O)N(C)C)cn2c1C. The van der Waals surface area contributed by atoms with Crippen molar-refractivity contribution in [3.63, 3.8) is 0 Å². The van der Waals surface area contributed by atoms with Crippen molar-refractivity contribution < 1.29 is 14.6 Å². The number of carbonyl (C=O) groups is 1. The molecule has 0 saturated carbocycles. The number of rotatable bonds is 3. The summed E-state index contributed by atoms with van der Waals surface area (Å²) in [4.78, 5) is 18.7. The highest BCUT2D eigenvalue weighted by molar-refractivity contribution is 5.94. The minimum Gasteiger partial charge on any atom is -0.479 e. The van der Waals surface area contributed by atoms with Crippen molar-refractivity contribution in [2.45, 2.75) is 32.5 Å². The Kier molecular flexibility index (Phi) is 4.15. The van der Waals surface area contributed by atoms with E-state index >= 15 is 0 Å². The molecule has 1 amide bonds. The lowest BCUT2D eigenvalue weighted by molar-refractivity contribution is 0.0501. The van der Waals surface area contributed by atoms with E-state index in [4.69, 9.17) is 4.74 Å². The van der Waals surface area contributed by atoms with Gasteiger partial charge >= 0.3 is 0 Å².